The van der Waals surface area contributed by atoms with Gasteiger partial charge in [-0.25, -0.2) is 4.79 Å². The van der Waals surface area contributed by atoms with Gasteiger partial charge in [0.05, 0.1) is 5.69 Å². The van der Waals surface area contributed by atoms with Crippen molar-refractivity contribution in [2.24, 2.45) is 0 Å². The molecule has 0 fully saturated rings. The molecule has 3 rings (SSSR count). The van der Waals surface area contributed by atoms with E-state index in [1.54, 1.807) is 4.90 Å². The molecule has 0 aliphatic heterocycles. The highest BCUT2D eigenvalue weighted by Gasteiger charge is 2.19. The largest absolute Gasteiger partial charge is 0.451 e. The van der Waals surface area contributed by atoms with Crippen LogP contribution < -0.4 is 0 Å². The minimum absolute atomic E-state index is 0.205. The number of aromatic nitrogens is 1. The molecule has 0 saturated carbocycles. The maximum absolute atomic E-state index is 12.4. The second-order valence-electron chi connectivity index (χ2n) is 5.69. The molecule has 1 amide bonds. The molecular weight excluding hydrogens is 348 g/mol. The minimum atomic E-state index is -0.479. The quantitative estimate of drug-likeness (QED) is 0.597. The van der Waals surface area contributed by atoms with Gasteiger partial charge in [0.2, 0.25) is 0 Å². The summed E-state index contributed by atoms with van der Waals surface area (Å²) in [4.78, 5) is 27.0. The summed E-state index contributed by atoms with van der Waals surface area (Å²) >= 11 is 1.30. The van der Waals surface area contributed by atoms with Gasteiger partial charge in [0.15, 0.2) is 6.61 Å². The summed E-state index contributed by atoms with van der Waals surface area (Å²) in [7, 11) is 0. The Morgan fingerprint density at radius 3 is 2.50 bits per heavy atom. The fourth-order valence-corrected chi connectivity index (χ4v) is 3.40. The van der Waals surface area contributed by atoms with Crippen LogP contribution in [0.2, 0.25) is 0 Å². The van der Waals surface area contributed by atoms with Crippen LogP contribution in [0, 0.1) is 0 Å². The minimum Gasteiger partial charge on any atom is -0.451 e. The monoisotopic (exact) mass is 368 g/mol. The van der Waals surface area contributed by atoms with Gasteiger partial charge in [-0.1, -0.05) is 30.3 Å². The standard InChI is InChI=1S/C20H20N2O3S/c1-2-21(14-16-8-4-3-5-9-16)18(23)15-25-20(24)19-17(10-13-26-19)22-11-6-7-12-22/h3-13H,2,14-15H2,1H3. The predicted molar refractivity (Wildman–Crippen MR) is 101 cm³/mol. The number of hydrogen-bond donors (Lipinski definition) is 0. The van der Waals surface area contributed by atoms with Gasteiger partial charge in [0.1, 0.15) is 4.88 Å². The Bertz CT molecular complexity index is 856. The third kappa shape index (κ3) is 4.21. The molecule has 0 atom stereocenters. The van der Waals surface area contributed by atoms with Gasteiger partial charge in [0.25, 0.3) is 5.91 Å². The maximum atomic E-state index is 12.4. The van der Waals surface area contributed by atoms with Crippen LogP contribution >= 0.6 is 11.3 Å². The lowest BCUT2D eigenvalue weighted by Gasteiger charge is -2.20. The van der Waals surface area contributed by atoms with Gasteiger partial charge in [-0.2, -0.15) is 0 Å². The average Bonchev–Trinajstić information content (AvgIpc) is 3.35. The summed E-state index contributed by atoms with van der Waals surface area (Å²) in [5.74, 6) is -0.684. The zero-order chi connectivity index (χ0) is 18.4. The van der Waals surface area contributed by atoms with Gasteiger partial charge in [-0.3, -0.25) is 4.79 Å². The Kier molecular flexibility index (Phi) is 5.86. The Balaban J connectivity index is 1.60. The SMILES string of the molecule is CCN(Cc1ccccc1)C(=O)COC(=O)c1sccc1-n1cccc1. The van der Waals surface area contributed by atoms with E-state index in [1.807, 2.05) is 77.8 Å². The van der Waals surface area contributed by atoms with Crippen LogP contribution in [0.4, 0.5) is 0 Å². The van der Waals surface area contributed by atoms with Crippen molar-refractivity contribution in [2.75, 3.05) is 13.2 Å². The number of esters is 1. The first kappa shape index (κ1) is 17.9. The van der Waals surface area contributed by atoms with E-state index in [9.17, 15) is 9.59 Å². The molecule has 0 aliphatic carbocycles. The molecule has 0 unspecified atom stereocenters. The fourth-order valence-electron chi connectivity index (χ4n) is 2.62. The summed E-state index contributed by atoms with van der Waals surface area (Å²) in [5.41, 5.74) is 1.80. The topological polar surface area (TPSA) is 51.5 Å². The van der Waals surface area contributed by atoms with Crippen molar-refractivity contribution >= 4 is 23.2 Å². The van der Waals surface area contributed by atoms with E-state index in [-0.39, 0.29) is 12.5 Å². The summed E-state index contributed by atoms with van der Waals surface area (Å²) < 4.78 is 7.12. The van der Waals surface area contributed by atoms with Gasteiger partial charge >= 0.3 is 5.97 Å². The number of carbonyl (C=O) groups excluding carboxylic acids is 2. The molecule has 0 N–H and O–H groups in total. The van der Waals surface area contributed by atoms with E-state index >= 15 is 0 Å². The van der Waals surface area contributed by atoms with Crippen molar-refractivity contribution in [3.05, 3.63) is 76.7 Å². The Morgan fingerprint density at radius 2 is 1.81 bits per heavy atom. The number of amides is 1. The van der Waals surface area contributed by atoms with Crippen molar-refractivity contribution in [1.29, 1.82) is 0 Å². The molecule has 26 heavy (non-hydrogen) atoms. The zero-order valence-corrected chi connectivity index (χ0v) is 15.3. The van der Waals surface area contributed by atoms with Crippen LogP contribution in [0.25, 0.3) is 5.69 Å². The van der Waals surface area contributed by atoms with E-state index < -0.39 is 5.97 Å². The molecule has 2 heterocycles. The maximum Gasteiger partial charge on any atom is 0.350 e. The van der Waals surface area contributed by atoms with E-state index in [0.29, 0.717) is 18.0 Å². The number of carbonyl (C=O) groups is 2. The molecule has 1 aromatic carbocycles. The van der Waals surface area contributed by atoms with E-state index in [4.69, 9.17) is 4.74 Å². The number of rotatable bonds is 7. The first-order chi connectivity index (χ1) is 12.7. The van der Waals surface area contributed by atoms with Crippen LogP contribution in [-0.4, -0.2) is 34.5 Å². The van der Waals surface area contributed by atoms with Gasteiger partial charge in [-0.15, -0.1) is 11.3 Å². The van der Waals surface area contributed by atoms with E-state index in [0.717, 1.165) is 11.3 Å². The fraction of sp³-hybridized carbons (Fsp3) is 0.200. The zero-order valence-electron chi connectivity index (χ0n) is 14.5. The van der Waals surface area contributed by atoms with Crippen LogP contribution in [0.5, 0.6) is 0 Å². The second-order valence-corrected chi connectivity index (χ2v) is 6.61. The highest BCUT2D eigenvalue weighted by Crippen LogP contribution is 2.22. The van der Waals surface area contributed by atoms with Crippen molar-refractivity contribution in [1.82, 2.24) is 9.47 Å². The molecule has 0 saturated heterocycles. The number of benzene rings is 1. The Labute approximate surface area is 156 Å². The summed E-state index contributed by atoms with van der Waals surface area (Å²) in [6.45, 7) is 2.70. The molecular formula is C20H20N2O3S. The number of nitrogens with zero attached hydrogens (tertiary/aromatic N) is 2. The Hall–Kier alpha value is -2.86. The lowest BCUT2D eigenvalue weighted by molar-refractivity contribution is -0.134. The van der Waals surface area contributed by atoms with E-state index in [1.165, 1.54) is 11.3 Å². The van der Waals surface area contributed by atoms with Crippen molar-refractivity contribution in [2.45, 2.75) is 13.5 Å². The van der Waals surface area contributed by atoms with Gasteiger partial charge in [0, 0.05) is 25.5 Å². The molecule has 3 aromatic rings. The highest BCUT2D eigenvalue weighted by molar-refractivity contribution is 7.12. The third-order valence-electron chi connectivity index (χ3n) is 3.99. The molecule has 134 valence electrons. The van der Waals surface area contributed by atoms with Crippen LogP contribution in [0.1, 0.15) is 22.2 Å². The normalized spacial score (nSPS) is 10.5. The average molecular weight is 368 g/mol. The van der Waals surface area contributed by atoms with E-state index in [2.05, 4.69) is 0 Å². The van der Waals surface area contributed by atoms with Crippen molar-refractivity contribution < 1.29 is 14.3 Å². The van der Waals surface area contributed by atoms with Crippen molar-refractivity contribution in [3.8, 4) is 5.69 Å². The number of hydrogen-bond acceptors (Lipinski definition) is 4. The Morgan fingerprint density at radius 1 is 1.08 bits per heavy atom. The van der Waals surface area contributed by atoms with Crippen LogP contribution in [-0.2, 0) is 16.1 Å². The number of likely N-dealkylation sites (N-methyl/N-ethyl adjacent to an activating group) is 1. The summed E-state index contributed by atoms with van der Waals surface area (Å²) in [6, 6.07) is 15.4. The molecule has 2 aromatic heterocycles. The van der Waals surface area contributed by atoms with Gasteiger partial charge in [-0.05, 0) is 36.1 Å². The highest BCUT2D eigenvalue weighted by atomic mass is 32.1. The molecule has 6 heteroatoms. The van der Waals surface area contributed by atoms with Gasteiger partial charge < -0.3 is 14.2 Å². The summed E-state index contributed by atoms with van der Waals surface area (Å²) in [5, 5.41) is 1.83. The number of ether oxygens (including phenoxy) is 1. The smallest absolute Gasteiger partial charge is 0.350 e. The summed E-state index contributed by atoms with van der Waals surface area (Å²) in [6.07, 6.45) is 3.73. The lowest BCUT2D eigenvalue weighted by atomic mass is 10.2. The van der Waals surface area contributed by atoms with Crippen LogP contribution in [0.15, 0.2) is 66.3 Å². The molecule has 5 nitrogen and oxygen atoms in total. The first-order valence-corrected chi connectivity index (χ1v) is 9.26. The molecule has 0 radical (unpaired) electrons. The number of thiophene rings is 1. The lowest BCUT2D eigenvalue weighted by Crippen LogP contribution is -2.34. The predicted octanol–water partition coefficient (Wildman–Crippen LogP) is 3.74. The van der Waals surface area contributed by atoms with Crippen molar-refractivity contribution in [3.63, 3.8) is 0 Å². The molecule has 0 aliphatic rings. The molecule has 0 bridgehead atoms. The first-order valence-electron chi connectivity index (χ1n) is 8.38. The third-order valence-corrected chi connectivity index (χ3v) is 4.87. The molecule has 0 spiro atoms. The van der Waals surface area contributed by atoms with Crippen LogP contribution in [0.3, 0.4) is 0 Å². The second kappa shape index (κ2) is 8.49.